The molecule has 0 radical (unpaired) electrons. The van der Waals surface area contributed by atoms with E-state index in [9.17, 15) is 0 Å². The SMILES string of the molecule is N#Cc1cccc(Sc2nnc(CN3CCCC3)n2-c2ccccc2)n1. The predicted octanol–water partition coefficient (Wildman–Crippen LogP) is 3.28. The molecule has 130 valence electrons. The fourth-order valence-electron chi connectivity index (χ4n) is 3.07. The van der Waals surface area contributed by atoms with Gasteiger partial charge in [0.2, 0.25) is 5.16 Å². The van der Waals surface area contributed by atoms with E-state index in [0.29, 0.717) is 5.69 Å². The van der Waals surface area contributed by atoms with Gasteiger partial charge in [-0.25, -0.2) is 4.98 Å². The lowest BCUT2D eigenvalue weighted by atomic mass is 10.3. The van der Waals surface area contributed by atoms with Crippen LogP contribution in [0.15, 0.2) is 58.7 Å². The van der Waals surface area contributed by atoms with Crippen molar-refractivity contribution in [2.75, 3.05) is 13.1 Å². The van der Waals surface area contributed by atoms with E-state index in [2.05, 4.69) is 42.9 Å². The summed E-state index contributed by atoms with van der Waals surface area (Å²) in [6, 6.07) is 17.6. The van der Waals surface area contributed by atoms with E-state index in [0.717, 1.165) is 41.3 Å². The van der Waals surface area contributed by atoms with Crippen LogP contribution in [0, 0.1) is 11.3 Å². The van der Waals surface area contributed by atoms with Crippen molar-refractivity contribution < 1.29 is 0 Å². The van der Waals surface area contributed by atoms with Crippen molar-refractivity contribution in [3.05, 3.63) is 60.0 Å². The molecule has 0 aliphatic carbocycles. The van der Waals surface area contributed by atoms with E-state index in [1.165, 1.54) is 24.6 Å². The number of benzene rings is 1. The molecule has 4 rings (SSSR count). The second-order valence-electron chi connectivity index (χ2n) is 6.13. The minimum absolute atomic E-state index is 0.401. The minimum atomic E-state index is 0.401. The summed E-state index contributed by atoms with van der Waals surface area (Å²) >= 11 is 1.43. The molecule has 0 N–H and O–H groups in total. The molecule has 1 aliphatic rings. The first kappa shape index (κ1) is 16.8. The Labute approximate surface area is 156 Å². The highest BCUT2D eigenvalue weighted by Crippen LogP contribution is 2.28. The molecular formula is C19H18N6S. The molecule has 6 nitrogen and oxygen atoms in total. The first-order valence-corrected chi connectivity index (χ1v) is 9.42. The normalized spacial score (nSPS) is 14.4. The first-order chi connectivity index (χ1) is 12.8. The van der Waals surface area contributed by atoms with Gasteiger partial charge in [0.05, 0.1) is 6.54 Å². The number of likely N-dealkylation sites (tertiary alicyclic amines) is 1. The lowest BCUT2D eigenvalue weighted by Gasteiger charge is -2.15. The molecule has 3 aromatic rings. The van der Waals surface area contributed by atoms with Crippen LogP contribution in [0.25, 0.3) is 5.69 Å². The molecule has 2 aromatic heterocycles. The van der Waals surface area contributed by atoms with Crippen LogP contribution in [-0.2, 0) is 6.54 Å². The van der Waals surface area contributed by atoms with Crippen LogP contribution < -0.4 is 0 Å². The van der Waals surface area contributed by atoms with Crippen LogP contribution in [0.2, 0.25) is 0 Å². The lowest BCUT2D eigenvalue weighted by molar-refractivity contribution is 0.319. The van der Waals surface area contributed by atoms with Crippen LogP contribution in [0.5, 0.6) is 0 Å². The molecule has 26 heavy (non-hydrogen) atoms. The highest BCUT2D eigenvalue weighted by Gasteiger charge is 2.20. The number of hydrogen-bond donors (Lipinski definition) is 0. The Hall–Kier alpha value is -2.69. The van der Waals surface area contributed by atoms with E-state index in [1.54, 1.807) is 6.07 Å². The van der Waals surface area contributed by atoms with Crippen molar-refractivity contribution in [2.45, 2.75) is 29.6 Å². The maximum Gasteiger partial charge on any atom is 0.202 e. The molecule has 0 bridgehead atoms. The van der Waals surface area contributed by atoms with Gasteiger partial charge in [-0.2, -0.15) is 5.26 Å². The number of pyridine rings is 1. The molecular weight excluding hydrogens is 344 g/mol. The predicted molar refractivity (Wildman–Crippen MR) is 98.9 cm³/mol. The lowest BCUT2D eigenvalue weighted by Crippen LogP contribution is -2.21. The monoisotopic (exact) mass is 362 g/mol. The van der Waals surface area contributed by atoms with Crippen molar-refractivity contribution in [3.8, 4) is 11.8 Å². The molecule has 1 fully saturated rings. The summed E-state index contributed by atoms with van der Waals surface area (Å²) in [4.78, 5) is 6.75. The maximum absolute atomic E-state index is 9.06. The van der Waals surface area contributed by atoms with E-state index in [4.69, 9.17) is 5.26 Å². The fraction of sp³-hybridized carbons (Fsp3) is 0.263. The van der Waals surface area contributed by atoms with E-state index in [1.807, 2.05) is 30.3 Å². The second-order valence-corrected chi connectivity index (χ2v) is 7.12. The van der Waals surface area contributed by atoms with E-state index in [-0.39, 0.29) is 0 Å². The molecule has 0 unspecified atom stereocenters. The van der Waals surface area contributed by atoms with Gasteiger partial charge in [-0.15, -0.1) is 10.2 Å². The average molecular weight is 362 g/mol. The second kappa shape index (κ2) is 7.68. The number of para-hydroxylation sites is 1. The van der Waals surface area contributed by atoms with Gasteiger partial charge < -0.3 is 0 Å². The maximum atomic E-state index is 9.06. The van der Waals surface area contributed by atoms with E-state index >= 15 is 0 Å². The van der Waals surface area contributed by atoms with Crippen molar-refractivity contribution in [1.29, 1.82) is 5.26 Å². The Bertz CT molecular complexity index is 925. The Morgan fingerprint density at radius 3 is 2.58 bits per heavy atom. The Morgan fingerprint density at radius 2 is 1.81 bits per heavy atom. The number of hydrogen-bond acceptors (Lipinski definition) is 6. The third kappa shape index (κ3) is 3.62. The van der Waals surface area contributed by atoms with Gasteiger partial charge in [-0.1, -0.05) is 24.3 Å². The largest absolute Gasteiger partial charge is 0.296 e. The van der Waals surface area contributed by atoms with Gasteiger partial charge in [0.1, 0.15) is 16.8 Å². The highest BCUT2D eigenvalue weighted by atomic mass is 32.2. The minimum Gasteiger partial charge on any atom is -0.296 e. The molecule has 1 aliphatic heterocycles. The molecule has 7 heteroatoms. The first-order valence-electron chi connectivity index (χ1n) is 8.60. The Kier molecular flexibility index (Phi) is 4.95. The summed E-state index contributed by atoms with van der Waals surface area (Å²) in [7, 11) is 0. The number of nitriles is 1. The van der Waals surface area contributed by atoms with Crippen LogP contribution >= 0.6 is 11.8 Å². The smallest absolute Gasteiger partial charge is 0.202 e. The van der Waals surface area contributed by atoms with Crippen molar-refractivity contribution in [3.63, 3.8) is 0 Å². The van der Waals surface area contributed by atoms with E-state index < -0.39 is 0 Å². The standard InChI is InChI=1S/C19H18N6S/c20-13-15-7-6-10-18(21-15)26-19-23-22-17(14-24-11-4-5-12-24)25(19)16-8-2-1-3-9-16/h1-3,6-10H,4-5,11-12,14H2. The Morgan fingerprint density at radius 1 is 1.00 bits per heavy atom. The third-order valence-corrected chi connectivity index (χ3v) is 5.20. The van der Waals surface area contributed by atoms with Crippen LogP contribution in [-0.4, -0.2) is 37.7 Å². The van der Waals surface area contributed by atoms with Crippen molar-refractivity contribution in [1.82, 2.24) is 24.6 Å². The number of aromatic nitrogens is 4. The zero-order chi connectivity index (χ0) is 17.8. The molecule has 1 saturated heterocycles. The molecule has 0 spiro atoms. The number of nitrogens with zero attached hydrogens (tertiary/aromatic N) is 6. The Balaban J connectivity index is 1.69. The fourth-order valence-corrected chi connectivity index (χ4v) is 3.93. The molecule has 0 saturated carbocycles. The van der Waals surface area contributed by atoms with Crippen LogP contribution in [0.4, 0.5) is 0 Å². The zero-order valence-corrected chi connectivity index (χ0v) is 15.1. The van der Waals surface area contributed by atoms with Crippen molar-refractivity contribution in [2.24, 2.45) is 0 Å². The summed E-state index contributed by atoms with van der Waals surface area (Å²) < 4.78 is 2.09. The molecule has 3 heterocycles. The molecule has 0 amide bonds. The average Bonchev–Trinajstić information content (AvgIpc) is 3.33. The summed E-state index contributed by atoms with van der Waals surface area (Å²) in [6.07, 6.45) is 2.48. The third-order valence-electron chi connectivity index (χ3n) is 4.31. The van der Waals surface area contributed by atoms with Gasteiger partial charge in [-0.3, -0.25) is 9.47 Å². The van der Waals surface area contributed by atoms with Crippen LogP contribution in [0.1, 0.15) is 24.4 Å². The van der Waals surface area contributed by atoms with Gasteiger partial charge in [-0.05, 0) is 62.0 Å². The van der Waals surface area contributed by atoms with Gasteiger partial charge >= 0.3 is 0 Å². The summed E-state index contributed by atoms with van der Waals surface area (Å²) in [5, 5.41) is 19.4. The van der Waals surface area contributed by atoms with Crippen LogP contribution in [0.3, 0.4) is 0 Å². The molecule has 1 aromatic carbocycles. The highest BCUT2D eigenvalue weighted by molar-refractivity contribution is 7.99. The summed E-state index contributed by atoms with van der Waals surface area (Å²) in [6.45, 7) is 3.00. The van der Waals surface area contributed by atoms with Gasteiger partial charge in [0.25, 0.3) is 0 Å². The summed E-state index contributed by atoms with van der Waals surface area (Å²) in [5.74, 6) is 0.928. The summed E-state index contributed by atoms with van der Waals surface area (Å²) in [5.41, 5.74) is 1.43. The number of rotatable bonds is 5. The zero-order valence-electron chi connectivity index (χ0n) is 14.2. The van der Waals surface area contributed by atoms with Gasteiger partial charge in [0, 0.05) is 5.69 Å². The molecule has 0 atom stereocenters. The van der Waals surface area contributed by atoms with Gasteiger partial charge in [0.15, 0.2) is 5.82 Å². The topological polar surface area (TPSA) is 70.6 Å². The van der Waals surface area contributed by atoms with Crippen molar-refractivity contribution >= 4 is 11.8 Å². The quantitative estimate of drug-likeness (QED) is 0.694.